The van der Waals surface area contributed by atoms with E-state index in [9.17, 15) is 0 Å². The average Bonchev–Trinajstić information content (AvgIpc) is 4.17. The number of hydrogen-bond donors (Lipinski definition) is 2. The maximum atomic E-state index is 6.91. The Morgan fingerprint density at radius 1 is 0.564 bits per heavy atom. The summed E-state index contributed by atoms with van der Waals surface area (Å²) in [5.41, 5.74) is 13.9. The molecule has 6 heterocycles. The third-order valence-electron chi connectivity index (χ3n) is 14.1. The molecule has 0 saturated heterocycles. The van der Waals surface area contributed by atoms with E-state index in [1.54, 1.807) is 0 Å². The van der Waals surface area contributed by atoms with Crippen LogP contribution in [0.3, 0.4) is 0 Å². The summed E-state index contributed by atoms with van der Waals surface area (Å²) in [6.07, 6.45) is 26.3. The zero-order valence-electron chi connectivity index (χ0n) is 46.9. The molecule has 0 unspecified atom stereocenters. The fourth-order valence-electron chi connectivity index (χ4n) is 9.72. The van der Waals surface area contributed by atoms with Gasteiger partial charge in [-0.25, -0.2) is 4.98 Å². The molecule has 10 rings (SSSR count). The van der Waals surface area contributed by atoms with E-state index in [4.69, 9.17) is 14.7 Å². The maximum Gasteiger partial charge on any atom is 0.182 e. The molecule has 2 radical (unpaired) electrons. The number of ether oxygens (including phenoxy) is 1. The van der Waals surface area contributed by atoms with Crippen LogP contribution in [0, 0.1) is 18.8 Å². The van der Waals surface area contributed by atoms with Gasteiger partial charge in [-0.15, -0.1) is 36.1 Å². The van der Waals surface area contributed by atoms with Gasteiger partial charge in [0, 0.05) is 80.4 Å². The second-order valence-corrected chi connectivity index (χ2v) is 24.0. The molecule has 7 aromatic rings. The molecule has 78 heavy (non-hydrogen) atoms. The van der Waals surface area contributed by atoms with Crippen LogP contribution in [0.25, 0.3) is 38.6 Å². The number of aromatic nitrogens is 3. The zero-order valence-corrected chi connectivity index (χ0v) is 49.2. The van der Waals surface area contributed by atoms with Gasteiger partial charge in [-0.3, -0.25) is 4.98 Å². The van der Waals surface area contributed by atoms with E-state index in [-0.39, 0.29) is 42.7 Å². The number of fused-ring (bicyclic) bond motifs is 4. The van der Waals surface area contributed by atoms with Crippen LogP contribution in [0.5, 0.6) is 11.6 Å². The number of benzene rings is 4. The van der Waals surface area contributed by atoms with E-state index in [0.717, 1.165) is 78.1 Å². The summed E-state index contributed by atoms with van der Waals surface area (Å²) in [7, 11) is 4.39. The number of anilines is 4. The molecule has 3 aliphatic heterocycles. The minimum atomic E-state index is -0.342. The number of para-hydroxylation sites is 2. The summed E-state index contributed by atoms with van der Waals surface area (Å²) in [6, 6.07) is 38.1. The topological polar surface area (TPSA) is 70.5 Å². The molecule has 11 heteroatoms. The number of nitrogens with zero attached hydrogens (tertiary/aromatic N) is 5. The van der Waals surface area contributed by atoms with E-state index < -0.39 is 0 Å². The molecule has 0 saturated carbocycles. The summed E-state index contributed by atoms with van der Waals surface area (Å²) in [4.78, 5) is 14.7. The molecule has 0 atom stereocenters. The minimum absolute atomic E-state index is 0. The third-order valence-corrected chi connectivity index (χ3v) is 14.1. The summed E-state index contributed by atoms with van der Waals surface area (Å²) in [5, 5.41) is 8.74. The van der Waals surface area contributed by atoms with Gasteiger partial charge < -0.3 is 29.7 Å². The summed E-state index contributed by atoms with van der Waals surface area (Å²) in [5.74, 6) is 5.90. The van der Waals surface area contributed by atoms with Gasteiger partial charge in [0.2, 0.25) is 0 Å². The number of allylic oxidation sites excluding steroid dienone is 8. The van der Waals surface area contributed by atoms with Crippen LogP contribution < -0.4 is 25.2 Å². The van der Waals surface area contributed by atoms with Gasteiger partial charge in [-0.1, -0.05) is 148 Å². The Balaban J connectivity index is 0.00000740. The van der Waals surface area contributed by atoms with E-state index in [1.807, 2.05) is 61.4 Å². The van der Waals surface area contributed by atoms with Crippen molar-refractivity contribution in [2.45, 2.75) is 105 Å². The predicted molar refractivity (Wildman–Crippen MR) is 325 cm³/mol. The molecule has 4 aromatic carbocycles. The Labute approximate surface area is 478 Å². The monoisotopic (exact) mass is 1200 g/mol. The predicted octanol–water partition coefficient (Wildman–Crippen LogP) is 15.9. The number of nitrogens with one attached hydrogen (secondary N) is 2. The van der Waals surface area contributed by atoms with Crippen LogP contribution in [-0.2, 0) is 42.7 Å². The fraction of sp³-hybridized carbons (Fsp3) is 0.239. The minimum Gasteiger partial charge on any atom is -0.503 e. The van der Waals surface area contributed by atoms with Crippen molar-refractivity contribution in [1.82, 2.24) is 25.2 Å². The fourth-order valence-corrected chi connectivity index (χ4v) is 9.72. The third kappa shape index (κ3) is 11.8. The molecule has 396 valence electrons. The first-order chi connectivity index (χ1) is 36.7. The first-order valence-corrected chi connectivity index (χ1v) is 26.6. The van der Waals surface area contributed by atoms with Crippen LogP contribution in [-0.4, -0.2) is 29.1 Å². The van der Waals surface area contributed by atoms with Crippen LogP contribution >= 0.6 is 0 Å². The van der Waals surface area contributed by atoms with Crippen LogP contribution in [0.2, 0.25) is 0 Å². The molecule has 0 aliphatic carbocycles. The van der Waals surface area contributed by atoms with Gasteiger partial charge in [-0.05, 0) is 127 Å². The van der Waals surface area contributed by atoms with Crippen LogP contribution in [0.15, 0.2) is 176 Å². The van der Waals surface area contributed by atoms with Crippen LogP contribution in [0.4, 0.5) is 22.7 Å². The van der Waals surface area contributed by atoms with E-state index >= 15 is 0 Å². The number of hydrogen-bond acceptors (Lipinski definition) is 7. The van der Waals surface area contributed by atoms with Crippen molar-refractivity contribution in [3.63, 3.8) is 0 Å². The van der Waals surface area contributed by atoms with Gasteiger partial charge in [-0.2, -0.15) is 23.9 Å². The number of pyridine rings is 2. The van der Waals surface area contributed by atoms with Crippen molar-refractivity contribution >= 4 is 70.1 Å². The standard InChI is InChI=1S/C67H68B2N7O.Pt/c1-64(2,3)45-25-28-56-51(37-45)50-27-26-49(43-59(50)76(56)61-40-46(29-36-72-61)65(4,5)6)77-62-42-48(41-60(73-62)67(10,11)12)74-44-75(58-24-14-13-23-57(58)74)63-52(54-21-19-34-70-32-17-15-30-68-54)38-47(66(7,8)9)39-53(63)55-22-20-35-71-33-18-16-31-69-55;/h13-41,44,70-71H,1-12H3;/q-3;/b30-15-,31-16-,32-17-,33-18-,34-19-,35-20-,54-21-,55-22-;. The van der Waals surface area contributed by atoms with Gasteiger partial charge in [0.05, 0.1) is 0 Å². The molecular formula is C67H68B2N7OPt-3. The molecule has 8 nitrogen and oxygen atoms in total. The Hall–Kier alpha value is -7.28. The van der Waals surface area contributed by atoms with Crippen molar-refractivity contribution in [3.05, 3.63) is 229 Å². The van der Waals surface area contributed by atoms with Gasteiger partial charge in [0.25, 0.3) is 0 Å². The Kier molecular flexibility index (Phi) is 15.8. The summed E-state index contributed by atoms with van der Waals surface area (Å²) in [6.45, 7) is 29.0. The summed E-state index contributed by atoms with van der Waals surface area (Å²) < 4.78 is 9.13. The number of rotatable bonds is 7. The van der Waals surface area contributed by atoms with E-state index in [0.29, 0.717) is 11.6 Å². The van der Waals surface area contributed by atoms with E-state index in [1.165, 1.54) is 16.7 Å². The largest absolute Gasteiger partial charge is 0.503 e. The molecule has 0 spiro atoms. The molecule has 0 bridgehead atoms. The molecule has 0 amide bonds. The molecule has 3 aromatic heterocycles. The molecule has 3 aliphatic rings. The Morgan fingerprint density at radius 3 is 1.76 bits per heavy atom. The van der Waals surface area contributed by atoms with Crippen molar-refractivity contribution in [2.75, 3.05) is 9.80 Å². The Morgan fingerprint density at radius 2 is 1.15 bits per heavy atom. The zero-order chi connectivity index (χ0) is 54.3. The van der Waals surface area contributed by atoms with Gasteiger partial charge >= 0.3 is 0 Å². The van der Waals surface area contributed by atoms with Crippen molar-refractivity contribution < 1.29 is 25.8 Å². The first-order valence-electron chi connectivity index (χ1n) is 26.6. The van der Waals surface area contributed by atoms with Crippen LogP contribution in [0.1, 0.15) is 117 Å². The maximum absolute atomic E-state index is 6.91. The second kappa shape index (κ2) is 22.2. The van der Waals surface area contributed by atoms with Gasteiger partial charge in [0.15, 0.2) is 14.6 Å². The molecule has 0 fully saturated rings. The summed E-state index contributed by atoms with van der Waals surface area (Å²) >= 11 is 0. The van der Waals surface area contributed by atoms with E-state index in [2.05, 4.69) is 257 Å². The van der Waals surface area contributed by atoms with Gasteiger partial charge in [0.1, 0.15) is 11.7 Å². The second-order valence-electron chi connectivity index (χ2n) is 24.0. The molecular weight excluding hydrogens is 1140 g/mol. The smallest absolute Gasteiger partial charge is 0.182 e. The van der Waals surface area contributed by atoms with Crippen molar-refractivity contribution in [3.8, 4) is 17.4 Å². The quantitative estimate of drug-likeness (QED) is 0.122. The first kappa shape index (κ1) is 55.5. The SMILES string of the molecule is CC(C)(C)c1ccnc(-n2c3[c-]c(Oc4[c-]c(N5[CH-]N(c6c(/C7=C/C=C\N/C=C\C=C/[B]7)cc(C(C)(C)C)cc6/C6=C/C=C\N/C=C\C=C/[B]6)c6ccccc65)cc(C(C)(C)C)n4)ccc3c3cc(C(C)(C)C)ccc32)c1.[Pt]. The van der Waals surface area contributed by atoms with Crippen molar-refractivity contribution in [2.24, 2.45) is 0 Å². The average molecular weight is 1200 g/mol. The van der Waals surface area contributed by atoms with Crippen molar-refractivity contribution in [1.29, 1.82) is 0 Å². The Bertz CT molecular complexity index is 3590. The normalized spacial score (nSPS) is 18.8. The molecule has 2 N–H and O–H groups in total.